The summed E-state index contributed by atoms with van der Waals surface area (Å²) in [5.74, 6) is 3.65. The zero-order valence-corrected chi connectivity index (χ0v) is 14.5. The lowest BCUT2D eigenvalue weighted by Crippen LogP contribution is -2.25. The predicted octanol–water partition coefficient (Wildman–Crippen LogP) is 7.21. The monoisotopic (exact) mass is 312 g/mol. The smallest absolute Gasteiger partial charge is 0.0162 e. The van der Waals surface area contributed by atoms with Crippen LogP contribution in [0.15, 0.2) is 30.9 Å². The van der Waals surface area contributed by atoms with Crippen LogP contribution in [0.25, 0.3) is 0 Å². The minimum atomic E-state index is 0. The van der Waals surface area contributed by atoms with Gasteiger partial charge in [-0.25, -0.2) is 0 Å². The number of aryl methyl sites for hydroxylation is 2. The molecule has 0 spiro atoms. The lowest BCUT2D eigenvalue weighted by molar-refractivity contribution is 0.171. The highest BCUT2D eigenvalue weighted by molar-refractivity contribution is 5.32. The zero-order chi connectivity index (χ0) is 15.5. The molecule has 0 bridgehead atoms. The summed E-state index contributed by atoms with van der Waals surface area (Å²) < 4.78 is 0. The first-order valence-corrected chi connectivity index (χ1v) is 9.37. The van der Waals surface area contributed by atoms with Gasteiger partial charge < -0.3 is 0 Å². The largest absolute Gasteiger partial charge is 0.103 e. The van der Waals surface area contributed by atoms with E-state index in [1.54, 1.807) is 5.56 Å². The van der Waals surface area contributed by atoms with E-state index in [2.05, 4.69) is 44.7 Å². The van der Waals surface area contributed by atoms with Crippen LogP contribution >= 0.6 is 0 Å². The third kappa shape index (κ3) is 4.28. The van der Waals surface area contributed by atoms with Crippen LogP contribution in [0.5, 0.6) is 0 Å². The SMILES string of the molecule is C.C=CC1CCC(C2CCC(c3ccc(C)c(C)c3)CC2)CC1. The van der Waals surface area contributed by atoms with Crippen LogP contribution in [0.1, 0.15) is 81.4 Å². The summed E-state index contributed by atoms with van der Waals surface area (Å²) in [6, 6.07) is 7.13. The molecule has 0 N–H and O–H groups in total. The molecule has 0 radical (unpaired) electrons. The van der Waals surface area contributed by atoms with E-state index >= 15 is 0 Å². The Balaban J connectivity index is 0.00000192. The third-order valence-electron chi connectivity index (χ3n) is 6.59. The Morgan fingerprint density at radius 3 is 1.91 bits per heavy atom. The Morgan fingerprint density at radius 2 is 1.39 bits per heavy atom. The quantitative estimate of drug-likeness (QED) is 0.517. The molecule has 0 aromatic heterocycles. The number of allylic oxidation sites excluding steroid dienone is 1. The van der Waals surface area contributed by atoms with Crippen molar-refractivity contribution in [2.24, 2.45) is 17.8 Å². The molecule has 2 saturated carbocycles. The molecule has 0 heterocycles. The molecular weight excluding hydrogens is 276 g/mol. The molecule has 0 aliphatic heterocycles. The van der Waals surface area contributed by atoms with E-state index in [1.165, 1.54) is 62.5 Å². The first kappa shape index (κ1) is 18.3. The Labute approximate surface area is 144 Å². The topological polar surface area (TPSA) is 0 Å². The van der Waals surface area contributed by atoms with Crippen LogP contribution in [0.4, 0.5) is 0 Å². The van der Waals surface area contributed by atoms with Crippen molar-refractivity contribution in [3.63, 3.8) is 0 Å². The predicted molar refractivity (Wildman–Crippen MR) is 103 cm³/mol. The van der Waals surface area contributed by atoms with Gasteiger partial charge in [0, 0.05) is 0 Å². The highest BCUT2D eigenvalue weighted by Crippen LogP contribution is 2.44. The van der Waals surface area contributed by atoms with Crippen molar-refractivity contribution in [2.75, 3.05) is 0 Å². The summed E-state index contributed by atoms with van der Waals surface area (Å²) in [5.41, 5.74) is 4.48. The minimum absolute atomic E-state index is 0. The maximum atomic E-state index is 3.98. The Bertz CT molecular complexity index is 497. The van der Waals surface area contributed by atoms with Gasteiger partial charge in [-0.1, -0.05) is 31.7 Å². The molecule has 0 saturated heterocycles. The van der Waals surface area contributed by atoms with Gasteiger partial charge in [-0.15, -0.1) is 6.58 Å². The van der Waals surface area contributed by atoms with E-state index in [9.17, 15) is 0 Å². The molecule has 23 heavy (non-hydrogen) atoms. The Hall–Kier alpha value is -1.04. The maximum absolute atomic E-state index is 3.98. The van der Waals surface area contributed by atoms with Crippen molar-refractivity contribution in [3.8, 4) is 0 Å². The van der Waals surface area contributed by atoms with E-state index < -0.39 is 0 Å². The molecule has 0 unspecified atom stereocenters. The fourth-order valence-electron chi connectivity index (χ4n) is 4.79. The number of benzene rings is 1. The molecule has 3 rings (SSSR count). The van der Waals surface area contributed by atoms with Gasteiger partial charge in [-0.3, -0.25) is 0 Å². The zero-order valence-electron chi connectivity index (χ0n) is 14.5. The van der Waals surface area contributed by atoms with Crippen LogP contribution < -0.4 is 0 Å². The summed E-state index contributed by atoms with van der Waals surface area (Å²) in [6.45, 7) is 8.45. The molecular formula is C23H36. The second kappa shape index (κ2) is 8.18. The maximum Gasteiger partial charge on any atom is -0.0162 e. The van der Waals surface area contributed by atoms with Crippen LogP contribution in [0.2, 0.25) is 0 Å². The lowest BCUT2D eigenvalue weighted by Gasteiger charge is -2.37. The summed E-state index contributed by atoms with van der Waals surface area (Å²) in [4.78, 5) is 0. The normalized spacial score (nSPS) is 31.2. The minimum Gasteiger partial charge on any atom is -0.103 e. The van der Waals surface area contributed by atoms with E-state index in [1.807, 2.05) is 0 Å². The van der Waals surface area contributed by atoms with Gasteiger partial charge in [0.1, 0.15) is 0 Å². The first-order valence-electron chi connectivity index (χ1n) is 9.37. The standard InChI is InChI=1S/C22H32.CH4/c1-4-18-6-9-19(10-7-18)20-11-13-21(14-12-20)22-8-5-16(2)17(3)15-22;/h4-5,8,15,18-21H,1,6-7,9-14H2,2-3H3;1H4. The molecule has 0 nitrogen and oxygen atoms in total. The van der Waals surface area contributed by atoms with Crippen LogP contribution in [0.3, 0.4) is 0 Å². The van der Waals surface area contributed by atoms with Crippen LogP contribution in [-0.4, -0.2) is 0 Å². The van der Waals surface area contributed by atoms with E-state index in [-0.39, 0.29) is 7.43 Å². The van der Waals surface area contributed by atoms with Crippen molar-refractivity contribution >= 4 is 0 Å². The van der Waals surface area contributed by atoms with Crippen molar-refractivity contribution in [3.05, 3.63) is 47.5 Å². The average Bonchev–Trinajstić information content (AvgIpc) is 2.58. The molecule has 2 aliphatic carbocycles. The Kier molecular flexibility index (Phi) is 6.50. The molecule has 0 heteroatoms. The highest BCUT2D eigenvalue weighted by Gasteiger charge is 2.30. The summed E-state index contributed by atoms with van der Waals surface area (Å²) in [6.07, 6.45) is 13.6. The first-order chi connectivity index (χ1) is 10.7. The van der Waals surface area contributed by atoms with E-state index in [0.717, 1.165) is 23.7 Å². The summed E-state index contributed by atoms with van der Waals surface area (Å²) >= 11 is 0. The van der Waals surface area contributed by atoms with Crippen molar-refractivity contribution in [2.45, 2.75) is 78.6 Å². The summed E-state index contributed by atoms with van der Waals surface area (Å²) in [7, 11) is 0. The fraction of sp³-hybridized carbons (Fsp3) is 0.652. The van der Waals surface area contributed by atoms with Gasteiger partial charge in [0.2, 0.25) is 0 Å². The molecule has 1 aromatic carbocycles. The second-order valence-corrected chi connectivity index (χ2v) is 7.87. The van der Waals surface area contributed by atoms with Gasteiger partial charge >= 0.3 is 0 Å². The van der Waals surface area contributed by atoms with Gasteiger partial charge in [0.15, 0.2) is 0 Å². The van der Waals surface area contributed by atoms with Gasteiger partial charge in [-0.2, -0.15) is 0 Å². The third-order valence-corrected chi connectivity index (χ3v) is 6.59. The Morgan fingerprint density at radius 1 is 0.826 bits per heavy atom. The van der Waals surface area contributed by atoms with E-state index in [0.29, 0.717) is 0 Å². The fourth-order valence-corrected chi connectivity index (χ4v) is 4.79. The molecule has 2 fully saturated rings. The second-order valence-electron chi connectivity index (χ2n) is 7.87. The number of rotatable bonds is 3. The van der Waals surface area contributed by atoms with Crippen LogP contribution in [-0.2, 0) is 0 Å². The summed E-state index contributed by atoms with van der Waals surface area (Å²) in [5, 5.41) is 0. The molecule has 0 atom stereocenters. The van der Waals surface area contributed by atoms with Crippen molar-refractivity contribution in [1.82, 2.24) is 0 Å². The average molecular weight is 313 g/mol. The van der Waals surface area contributed by atoms with Gasteiger partial charge in [0.05, 0.1) is 0 Å². The molecule has 2 aliphatic rings. The van der Waals surface area contributed by atoms with Gasteiger partial charge in [0.25, 0.3) is 0 Å². The number of hydrogen-bond acceptors (Lipinski definition) is 0. The highest BCUT2D eigenvalue weighted by atomic mass is 14.4. The van der Waals surface area contributed by atoms with Crippen molar-refractivity contribution in [1.29, 1.82) is 0 Å². The molecule has 0 amide bonds. The molecule has 128 valence electrons. The van der Waals surface area contributed by atoms with Crippen molar-refractivity contribution < 1.29 is 0 Å². The van der Waals surface area contributed by atoms with E-state index in [4.69, 9.17) is 0 Å². The lowest BCUT2D eigenvalue weighted by atomic mass is 9.68. The van der Waals surface area contributed by atoms with Gasteiger partial charge in [-0.05, 0) is 106 Å². The molecule has 1 aromatic rings. The van der Waals surface area contributed by atoms with Crippen LogP contribution in [0, 0.1) is 31.6 Å². The number of hydrogen-bond donors (Lipinski definition) is 0.